The van der Waals surface area contributed by atoms with Crippen molar-refractivity contribution in [2.24, 2.45) is 0 Å². The average Bonchev–Trinajstić information content (AvgIpc) is 3.15. The predicted molar refractivity (Wildman–Crippen MR) is 121 cm³/mol. The van der Waals surface area contributed by atoms with E-state index in [2.05, 4.69) is 10.9 Å². The Labute approximate surface area is 186 Å². The summed E-state index contributed by atoms with van der Waals surface area (Å²) in [5, 5.41) is 12.9. The van der Waals surface area contributed by atoms with E-state index in [0.717, 1.165) is 0 Å². The Bertz CT molecular complexity index is 1420. The van der Waals surface area contributed by atoms with Crippen molar-refractivity contribution in [1.82, 2.24) is 8.96 Å². The number of rotatable bonds is 5. The van der Waals surface area contributed by atoms with E-state index in [1.165, 1.54) is 28.2 Å². The van der Waals surface area contributed by atoms with Crippen LogP contribution in [0.25, 0.3) is 10.9 Å². The fraction of sp³-hybridized carbons (Fsp3) is 0.125. The molecule has 0 radical (unpaired) electrons. The second-order valence-electron chi connectivity index (χ2n) is 7.24. The van der Waals surface area contributed by atoms with Gasteiger partial charge in [-0.3, -0.25) is 4.98 Å². The molecule has 5 nitrogen and oxygen atoms in total. The maximum absolute atomic E-state index is 13.7. The molecule has 1 atom stereocenters. The van der Waals surface area contributed by atoms with Gasteiger partial charge in [-0.15, -0.1) is 12.3 Å². The van der Waals surface area contributed by atoms with E-state index < -0.39 is 15.6 Å². The normalized spacial score (nSPS) is 13.6. The summed E-state index contributed by atoms with van der Waals surface area (Å²) in [5.41, 5.74) is -0.00797. The number of hydrogen-bond acceptors (Lipinski definition) is 4. The molecule has 156 valence electrons. The molecule has 0 aliphatic carbocycles. The minimum Gasteiger partial charge on any atom is -0.378 e. The Kier molecular flexibility index (Phi) is 5.36. The number of halogens is 1. The van der Waals surface area contributed by atoms with Crippen LogP contribution in [-0.4, -0.2) is 22.5 Å². The van der Waals surface area contributed by atoms with Crippen LogP contribution in [0, 0.1) is 19.3 Å². The van der Waals surface area contributed by atoms with Crippen molar-refractivity contribution >= 4 is 32.5 Å². The lowest BCUT2D eigenvalue weighted by Crippen LogP contribution is -2.32. The van der Waals surface area contributed by atoms with Crippen LogP contribution in [0.3, 0.4) is 0 Å². The van der Waals surface area contributed by atoms with Gasteiger partial charge in [0, 0.05) is 28.7 Å². The van der Waals surface area contributed by atoms with Crippen molar-refractivity contribution in [2.45, 2.75) is 23.8 Å². The molecule has 2 aromatic heterocycles. The first-order valence-corrected chi connectivity index (χ1v) is 11.3. The summed E-state index contributed by atoms with van der Waals surface area (Å²) < 4.78 is 28.6. The molecule has 0 saturated heterocycles. The van der Waals surface area contributed by atoms with Gasteiger partial charge in [0.05, 0.1) is 16.1 Å². The number of aryl methyl sites for hydroxylation is 1. The maximum atomic E-state index is 13.7. The van der Waals surface area contributed by atoms with E-state index in [9.17, 15) is 13.5 Å². The molecular formula is C24H19ClN2O3S. The molecule has 0 saturated carbocycles. The molecule has 2 aromatic carbocycles. The molecule has 0 bridgehead atoms. The van der Waals surface area contributed by atoms with Crippen molar-refractivity contribution in [2.75, 3.05) is 0 Å². The van der Waals surface area contributed by atoms with E-state index in [-0.39, 0.29) is 17.0 Å². The van der Waals surface area contributed by atoms with Crippen LogP contribution in [0.15, 0.2) is 77.8 Å². The third-order valence-electron chi connectivity index (χ3n) is 5.17. The van der Waals surface area contributed by atoms with Crippen LogP contribution < -0.4 is 0 Å². The Morgan fingerprint density at radius 3 is 2.52 bits per heavy atom. The van der Waals surface area contributed by atoms with Crippen molar-refractivity contribution in [3.8, 4) is 12.3 Å². The Morgan fingerprint density at radius 2 is 1.84 bits per heavy atom. The lowest BCUT2D eigenvalue weighted by atomic mass is 9.87. The van der Waals surface area contributed by atoms with Gasteiger partial charge in [-0.1, -0.05) is 29.8 Å². The van der Waals surface area contributed by atoms with Gasteiger partial charge in [0.25, 0.3) is 10.0 Å². The molecule has 0 fully saturated rings. The lowest BCUT2D eigenvalue weighted by molar-refractivity contribution is 0.0812. The highest BCUT2D eigenvalue weighted by molar-refractivity contribution is 7.90. The zero-order valence-electron chi connectivity index (χ0n) is 16.7. The SMILES string of the molecule is C#CCC(O)(c1ccnc(C)c1)c1cc2ccccc2n1S(=O)(=O)c1ccc(Cl)cc1. The second-order valence-corrected chi connectivity index (χ2v) is 9.46. The highest BCUT2D eigenvalue weighted by atomic mass is 35.5. The van der Waals surface area contributed by atoms with Gasteiger partial charge in [-0.05, 0) is 61.0 Å². The minimum atomic E-state index is -4.08. The Balaban J connectivity index is 2.07. The second kappa shape index (κ2) is 7.86. The van der Waals surface area contributed by atoms with Gasteiger partial charge < -0.3 is 5.11 Å². The number of nitrogens with zero attached hydrogens (tertiary/aromatic N) is 2. The van der Waals surface area contributed by atoms with Gasteiger partial charge in [0.15, 0.2) is 0 Å². The quantitative estimate of drug-likeness (QED) is 0.454. The molecule has 1 unspecified atom stereocenters. The molecule has 0 aliphatic rings. The van der Waals surface area contributed by atoms with Gasteiger partial charge in [-0.2, -0.15) is 0 Å². The molecule has 0 amide bonds. The van der Waals surface area contributed by atoms with Crippen molar-refractivity contribution in [3.63, 3.8) is 0 Å². The highest BCUT2D eigenvalue weighted by Crippen LogP contribution is 2.38. The standard InChI is InChI=1S/C24H19ClN2O3S/c1-3-13-24(28,19-12-14-26-17(2)15-19)23-16-18-6-4-5-7-22(18)27(23)31(29,30)21-10-8-20(25)9-11-21/h1,4-12,14-16,28H,13H2,2H3. The third kappa shape index (κ3) is 3.61. The topological polar surface area (TPSA) is 72.2 Å². The molecule has 0 spiro atoms. The highest BCUT2D eigenvalue weighted by Gasteiger charge is 2.38. The van der Waals surface area contributed by atoms with Gasteiger partial charge in [0.2, 0.25) is 0 Å². The summed E-state index contributed by atoms with van der Waals surface area (Å²) in [4.78, 5) is 4.23. The number of para-hydroxylation sites is 1. The largest absolute Gasteiger partial charge is 0.378 e. The van der Waals surface area contributed by atoms with Gasteiger partial charge in [0.1, 0.15) is 5.60 Å². The number of hydrogen-bond donors (Lipinski definition) is 1. The van der Waals surface area contributed by atoms with Crippen LogP contribution in [0.4, 0.5) is 0 Å². The van der Waals surface area contributed by atoms with Crippen molar-refractivity contribution in [3.05, 3.63) is 94.9 Å². The summed E-state index contributed by atoms with van der Waals surface area (Å²) in [7, 11) is -4.08. The summed E-state index contributed by atoms with van der Waals surface area (Å²) in [5.74, 6) is 2.50. The number of fused-ring (bicyclic) bond motifs is 1. The molecule has 1 N–H and O–H groups in total. The maximum Gasteiger partial charge on any atom is 0.268 e. The summed E-state index contributed by atoms with van der Waals surface area (Å²) in [6.07, 6.45) is 7.05. The first-order chi connectivity index (χ1) is 14.8. The fourth-order valence-electron chi connectivity index (χ4n) is 3.68. The number of aliphatic hydroxyl groups is 1. The Morgan fingerprint density at radius 1 is 1.13 bits per heavy atom. The van der Waals surface area contributed by atoms with E-state index >= 15 is 0 Å². The predicted octanol–water partition coefficient (Wildman–Crippen LogP) is 4.49. The summed E-state index contributed by atoms with van der Waals surface area (Å²) >= 11 is 5.95. The van der Waals surface area contributed by atoms with E-state index in [0.29, 0.717) is 27.2 Å². The lowest BCUT2D eigenvalue weighted by Gasteiger charge is -2.28. The molecule has 7 heteroatoms. The summed E-state index contributed by atoms with van der Waals surface area (Å²) in [6.45, 7) is 1.79. The van der Waals surface area contributed by atoms with Crippen LogP contribution in [0.1, 0.15) is 23.4 Å². The number of pyridine rings is 1. The smallest absolute Gasteiger partial charge is 0.268 e. The van der Waals surface area contributed by atoms with Crippen LogP contribution in [0.5, 0.6) is 0 Å². The first kappa shape index (κ1) is 21.1. The zero-order chi connectivity index (χ0) is 22.2. The molecule has 2 heterocycles. The number of terminal acetylenes is 1. The number of benzene rings is 2. The molecule has 31 heavy (non-hydrogen) atoms. The van der Waals surface area contributed by atoms with Crippen LogP contribution >= 0.6 is 11.6 Å². The minimum absolute atomic E-state index is 0.0495. The average molecular weight is 451 g/mol. The monoisotopic (exact) mass is 450 g/mol. The third-order valence-corrected chi connectivity index (χ3v) is 7.17. The molecule has 0 aliphatic heterocycles. The van der Waals surface area contributed by atoms with E-state index in [1.807, 2.05) is 6.07 Å². The fourth-order valence-corrected chi connectivity index (χ4v) is 5.38. The molecule has 4 rings (SSSR count). The van der Waals surface area contributed by atoms with Crippen molar-refractivity contribution in [1.29, 1.82) is 0 Å². The van der Waals surface area contributed by atoms with E-state index in [4.69, 9.17) is 18.0 Å². The molecule has 4 aromatic rings. The number of aromatic nitrogens is 2. The Hall–Kier alpha value is -3.11. The zero-order valence-corrected chi connectivity index (χ0v) is 18.2. The summed E-state index contributed by atoms with van der Waals surface area (Å²) in [6, 6.07) is 17.9. The molecular weight excluding hydrogens is 432 g/mol. The van der Waals surface area contributed by atoms with Gasteiger partial charge in [-0.25, -0.2) is 12.4 Å². The van der Waals surface area contributed by atoms with E-state index in [1.54, 1.807) is 49.5 Å². The van der Waals surface area contributed by atoms with Crippen molar-refractivity contribution < 1.29 is 13.5 Å². The van der Waals surface area contributed by atoms with Gasteiger partial charge >= 0.3 is 0 Å². The van der Waals surface area contributed by atoms with Crippen LogP contribution in [-0.2, 0) is 15.6 Å². The van der Waals surface area contributed by atoms with Crippen LogP contribution in [0.2, 0.25) is 5.02 Å². The first-order valence-electron chi connectivity index (χ1n) is 9.48.